The standard InChI is InChI=1S/C34H46ClN3O9/c1-16-14-23-21(17(2)15-38(20-11-12-20)32(42)45-6)13-10-18(3)33(23,43)26(29(16)46-19(4)39)25-27(30(40)41)36-31-34(25,44)22-8-7-9-24(35)28(22)37(5)47-31/h7-9,14,17-18,20-21,23,25-27,29,31,36,43-44H,10-13,15H2,1-6H3,(H,40,41)/t17?,18-,21+,23-,25+,26?,27+,29?,31-,33-,34+/m1/s1. The number of carboxylic acids is 1. The number of carbonyl (C=O) groups excluding carboxylic acids is 2. The van der Waals surface area contributed by atoms with Gasteiger partial charge in [0.05, 0.1) is 23.4 Å². The molecule has 13 heteroatoms. The van der Waals surface area contributed by atoms with Crippen molar-refractivity contribution in [1.29, 1.82) is 0 Å². The molecule has 3 aliphatic carbocycles. The number of para-hydroxylation sites is 1. The fraction of sp³-hybridized carbons (Fsp3) is 0.676. The van der Waals surface area contributed by atoms with Crippen molar-refractivity contribution < 1.29 is 44.0 Å². The first kappa shape index (κ1) is 34.0. The third-order valence-electron chi connectivity index (χ3n) is 11.6. The predicted octanol–water partition coefficient (Wildman–Crippen LogP) is 3.68. The van der Waals surface area contributed by atoms with Crippen molar-refractivity contribution in [2.45, 2.75) is 89.0 Å². The van der Waals surface area contributed by atoms with Crippen LogP contribution in [0.5, 0.6) is 0 Å². The molecule has 0 radical (unpaired) electrons. The highest BCUT2D eigenvalue weighted by Gasteiger charge is 2.71. The smallest absolute Gasteiger partial charge is 0.409 e. The van der Waals surface area contributed by atoms with E-state index >= 15 is 0 Å². The first-order valence-electron chi connectivity index (χ1n) is 16.5. The summed E-state index contributed by atoms with van der Waals surface area (Å²) in [5.74, 6) is -5.19. The second kappa shape index (κ2) is 12.2. The Morgan fingerprint density at radius 1 is 1.19 bits per heavy atom. The number of hydrogen-bond donors (Lipinski definition) is 4. The second-order valence-corrected chi connectivity index (χ2v) is 14.7. The number of methoxy groups -OCH3 is 1. The van der Waals surface area contributed by atoms with E-state index < -0.39 is 59.3 Å². The minimum Gasteiger partial charge on any atom is -0.480 e. The summed E-state index contributed by atoms with van der Waals surface area (Å²) in [7, 11) is 3.00. The van der Waals surface area contributed by atoms with Gasteiger partial charge in [0.2, 0.25) is 0 Å². The molecule has 0 spiro atoms. The number of nitrogens with zero attached hydrogens (tertiary/aromatic N) is 2. The quantitative estimate of drug-likeness (QED) is 0.247. The monoisotopic (exact) mass is 675 g/mol. The summed E-state index contributed by atoms with van der Waals surface area (Å²) in [6.07, 6.45) is 2.52. The number of benzene rings is 1. The van der Waals surface area contributed by atoms with Gasteiger partial charge in [-0.05, 0) is 62.0 Å². The first-order chi connectivity index (χ1) is 22.2. The molecule has 5 aliphatic rings. The molecule has 258 valence electrons. The van der Waals surface area contributed by atoms with Gasteiger partial charge in [-0.2, -0.15) is 0 Å². The molecular weight excluding hydrogens is 630 g/mol. The lowest BCUT2D eigenvalue weighted by atomic mass is 9.49. The van der Waals surface area contributed by atoms with Crippen molar-refractivity contribution >= 4 is 35.3 Å². The van der Waals surface area contributed by atoms with Crippen LogP contribution in [-0.2, 0) is 29.5 Å². The number of amides is 1. The number of aliphatic carboxylic acids is 1. The first-order valence-corrected chi connectivity index (χ1v) is 16.9. The number of anilines is 1. The Morgan fingerprint density at radius 2 is 1.89 bits per heavy atom. The molecule has 6 rings (SSSR count). The lowest BCUT2D eigenvalue weighted by molar-refractivity contribution is -0.227. The van der Waals surface area contributed by atoms with Crippen LogP contribution in [0.3, 0.4) is 0 Å². The predicted molar refractivity (Wildman–Crippen MR) is 171 cm³/mol. The number of rotatable bonds is 7. The molecule has 11 atom stereocenters. The van der Waals surface area contributed by atoms with Crippen LogP contribution >= 0.6 is 11.6 Å². The summed E-state index contributed by atoms with van der Waals surface area (Å²) >= 11 is 6.62. The largest absolute Gasteiger partial charge is 0.480 e. The Kier molecular flexibility index (Phi) is 8.83. The van der Waals surface area contributed by atoms with Crippen LogP contribution in [0.1, 0.15) is 58.9 Å². The van der Waals surface area contributed by atoms with Gasteiger partial charge in [0.1, 0.15) is 17.7 Å². The molecule has 1 saturated heterocycles. The van der Waals surface area contributed by atoms with E-state index in [1.54, 1.807) is 30.1 Å². The summed E-state index contributed by atoms with van der Waals surface area (Å²) in [5.41, 5.74) is -2.23. The lowest BCUT2D eigenvalue weighted by Gasteiger charge is -2.60. The topological polar surface area (TPSA) is 158 Å². The number of halogens is 1. The molecule has 3 fully saturated rings. The van der Waals surface area contributed by atoms with E-state index in [4.69, 9.17) is 25.9 Å². The maximum absolute atomic E-state index is 13.3. The van der Waals surface area contributed by atoms with Gasteiger partial charge in [-0.15, -0.1) is 0 Å². The van der Waals surface area contributed by atoms with Gasteiger partial charge >= 0.3 is 18.0 Å². The molecule has 0 aromatic heterocycles. The average Bonchev–Trinajstić information content (AvgIpc) is 3.81. The maximum atomic E-state index is 13.3. The van der Waals surface area contributed by atoms with Crippen LogP contribution in [0.25, 0.3) is 0 Å². The zero-order chi connectivity index (χ0) is 34.2. The highest BCUT2D eigenvalue weighted by Crippen LogP contribution is 2.61. The lowest BCUT2D eigenvalue weighted by Crippen LogP contribution is -2.67. The number of nitrogens with one attached hydrogen (secondary N) is 1. The van der Waals surface area contributed by atoms with E-state index in [1.807, 2.05) is 19.9 Å². The average molecular weight is 676 g/mol. The van der Waals surface area contributed by atoms with E-state index in [0.717, 1.165) is 19.3 Å². The van der Waals surface area contributed by atoms with Crippen molar-refractivity contribution in [2.75, 3.05) is 25.8 Å². The number of hydrogen-bond acceptors (Lipinski definition) is 10. The highest BCUT2D eigenvalue weighted by molar-refractivity contribution is 6.33. The van der Waals surface area contributed by atoms with Crippen molar-refractivity contribution in [3.8, 4) is 0 Å². The van der Waals surface area contributed by atoms with Crippen molar-refractivity contribution in [3.63, 3.8) is 0 Å². The normalized spacial score (nSPS) is 38.3. The third-order valence-corrected chi connectivity index (χ3v) is 11.9. The Hall–Kier alpha value is -2.90. The number of carboxylic acid groups (broad SMARTS) is 1. The van der Waals surface area contributed by atoms with E-state index in [9.17, 15) is 29.7 Å². The Morgan fingerprint density at radius 3 is 2.51 bits per heavy atom. The molecule has 2 saturated carbocycles. The Labute approximate surface area is 279 Å². The maximum Gasteiger partial charge on any atom is 0.409 e. The summed E-state index contributed by atoms with van der Waals surface area (Å²) in [4.78, 5) is 46.3. The zero-order valence-electron chi connectivity index (χ0n) is 27.7. The summed E-state index contributed by atoms with van der Waals surface area (Å²) in [5, 5.41) is 41.7. The number of hydroxylamine groups is 1. The molecule has 1 aromatic carbocycles. The van der Waals surface area contributed by atoms with E-state index in [2.05, 4.69) is 12.2 Å². The summed E-state index contributed by atoms with van der Waals surface area (Å²) in [6, 6.07) is 3.76. The SMILES string of the molecule is COC(=O)N(CC(C)[C@@H]1CC[C@@H](C)[C@]2(O)C([C@H]3[C@@H](C(=O)O)N[C@@H]4ON(C)c5c(Cl)cccc5[C@@]43O)C(OC(C)=O)C(C)=C[C@H]12)C1CC1. The number of esters is 1. The van der Waals surface area contributed by atoms with E-state index in [0.29, 0.717) is 34.8 Å². The van der Waals surface area contributed by atoms with Crippen LogP contribution in [0, 0.1) is 35.5 Å². The molecule has 2 heterocycles. The Balaban J connectivity index is 1.51. The molecule has 1 aromatic rings. The molecule has 4 N–H and O–H groups in total. The van der Waals surface area contributed by atoms with Gasteiger partial charge < -0.3 is 29.7 Å². The number of carbonyl (C=O) groups is 3. The van der Waals surface area contributed by atoms with Crippen LogP contribution in [0.2, 0.25) is 5.02 Å². The van der Waals surface area contributed by atoms with Crippen molar-refractivity contribution in [2.24, 2.45) is 35.5 Å². The third kappa shape index (κ3) is 5.31. The molecule has 0 bridgehead atoms. The van der Waals surface area contributed by atoms with Gasteiger partial charge in [0, 0.05) is 49.9 Å². The summed E-state index contributed by atoms with van der Waals surface area (Å²) < 4.78 is 11.1. The summed E-state index contributed by atoms with van der Waals surface area (Å²) in [6.45, 7) is 7.54. The minimum absolute atomic E-state index is 0.0623. The number of fused-ring (bicyclic) bond motifs is 4. The molecule has 47 heavy (non-hydrogen) atoms. The van der Waals surface area contributed by atoms with Gasteiger partial charge in [-0.1, -0.05) is 43.7 Å². The molecular formula is C34H46ClN3O9. The van der Waals surface area contributed by atoms with Crippen LogP contribution < -0.4 is 10.4 Å². The van der Waals surface area contributed by atoms with Crippen molar-refractivity contribution in [1.82, 2.24) is 10.2 Å². The molecule has 2 aliphatic heterocycles. The van der Waals surface area contributed by atoms with E-state index in [1.165, 1.54) is 19.1 Å². The van der Waals surface area contributed by atoms with Gasteiger partial charge in [0.15, 0.2) is 6.23 Å². The van der Waals surface area contributed by atoms with Crippen LogP contribution in [0.4, 0.5) is 10.5 Å². The van der Waals surface area contributed by atoms with Gasteiger partial charge in [0.25, 0.3) is 0 Å². The molecule has 12 nitrogen and oxygen atoms in total. The van der Waals surface area contributed by atoms with E-state index in [-0.39, 0.29) is 29.9 Å². The van der Waals surface area contributed by atoms with Gasteiger partial charge in [-0.25, -0.2) is 4.79 Å². The number of aliphatic hydroxyl groups is 2. The second-order valence-electron chi connectivity index (χ2n) is 14.3. The number of ether oxygens (including phenoxy) is 2. The van der Waals surface area contributed by atoms with Crippen LogP contribution in [-0.4, -0.2) is 89.0 Å². The fourth-order valence-corrected chi connectivity index (χ4v) is 9.64. The minimum atomic E-state index is -2.00. The fourth-order valence-electron chi connectivity index (χ4n) is 9.35. The Bertz CT molecular complexity index is 1470. The molecule has 1 amide bonds. The van der Waals surface area contributed by atoms with Gasteiger partial charge in [-0.3, -0.25) is 24.8 Å². The highest BCUT2D eigenvalue weighted by atomic mass is 35.5. The van der Waals surface area contributed by atoms with Crippen molar-refractivity contribution in [3.05, 3.63) is 40.4 Å². The zero-order valence-corrected chi connectivity index (χ0v) is 28.4. The van der Waals surface area contributed by atoms with Crippen LogP contribution in [0.15, 0.2) is 29.8 Å². The molecule has 3 unspecified atom stereocenters.